The van der Waals surface area contributed by atoms with Gasteiger partial charge in [-0.1, -0.05) is 24.3 Å². The molecule has 4 amide bonds. The van der Waals surface area contributed by atoms with Gasteiger partial charge in [-0.25, -0.2) is 14.5 Å². The highest BCUT2D eigenvalue weighted by atomic mass is 16.7. The van der Waals surface area contributed by atoms with E-state index in [1.54, 1.807) is 42.5 Å². The van der Waals surface area contributed by atoms with E-state index in [1.165, 1.54) is 30.3 Å². The normalized spacial score (nSPS) is 15.7. The van der Waals surface area contributed by atoms with Gasteiger partial charge in [-0.3, -0.25) is 14.9 Å². The van der Waals surface area contributed by atoms with Crippen LogP contribution in [0.15, 0.2) is 72.3 Å². The summed E-state index contributed by atoms with van der Waals surface area (Å²) in [5.41, 5.74) is 1.41. The third-order valence-electron chi connectivity index (χ3n) is 5.49. The lowest BCUT2D eigenvalue weighted by molar-refractivity contribution is -0.122. The summed E-state index contributed by atoms with van der Waals surface area (Å²) < 4.78 is 16.3. The number of rotatable bonds is 6. The number of imide groups is 2. The van der Waals surface area contributed by atoms with E-state index in [4.69, 9.17) is 19.3 Å². The zero-order valence-electron chi connectivity index (χ0n) is 18.6. The molecule has 10 heteroatoms. The number of anilines is 1. The number of nitrogens with zero attached hydrogens (tertiary/aromatic N) is 1. The first-order valence-electron chi connectivity index (χ1n) is 10.8. The van der Waals surface area contributed by atoms with Gasteiger partial charge in [0.05, 0.1) is 11.3 Å². The zero-order chi connectivity index (χ0) is 25.2. The first-order chi connectivity index (χ1) is 17.4. The Morgan fingerprint density at radius 2 is 1.78 bits per heavy atom. The topological polar surface area (TPSA) is 131 Å². The number of amides is 4. The fourth-order valence-corrected chi connectivity index (χ4v) is 3.70. The van der Waals surface area contributed by atoms with Crippen molar-refractivity contribution in [3.63, 3.8) is 0 Å². The summed E-state index contributed by atoms with van der Waals surface area (Å²) >= 11 is 0. The Labute approximate surface area is 204 Å². The van der Waals surface area contributed by atoms with Crippen molar-refractivity contribution in [3.05, 3.63) is 89.0 Å². The van der Waals surface area contributed by atoms with E-state index < -0.39 is 23.8 Å². The SMILES string of the molecule is O=C1NC(=O)N(c2ccc3c(c2)OCO3)C(=O)C1=Cc1ccc(OCc2cccc(C(=O)O)c2)cc1. The molecule has 5 rings (SSSR count). The Morgan fingerprint density at radius 1 is 1.00 bits per heavy atom. The number of hydrogen-bond acceptors (Lipinski definition) is 7. The van der Waals surface area contributed by atoms with Crippen LogP contribution in [0.4, 0.5) is 10.5 Å². The van der Waals surface area contributed by atoms with E-state index in [2.05, 4.69) is 5.32 Å². The van der Waals surface area contributed by atoms with Gasteiger partial charge in [0.1, 0.15) is 17.9 Å². The van der Waals surface area contributed by atoms with Gasteiger partial charge in [0.25, 0.3) is 11.8 Å². The van der Waals surface area contributed by atoms with Gasteiger partial charge >= 0.3 is 12.0 Å². The minimum Gasteiger partial charge on any atom is -0.489 e. The number of nitrogens with one attached hydrogen (secondary N) is 1. The molecule has 0 spiro atoms. The highest BCUT2D eigenvalue weighted by Gasteiger charge is 2.37. The molecule has 2 aliphatic heterocycles. The van der Waals surface area contributed by atoms with Crippen molar-refractivity contribution >= 4 is 35.6 Å². The van der Waals surface area contributed by atoms with Gasteiger partial charge in [0.2, 0.25) is 6.79 Å². The number of urea groups is 1. The number of hydrogen-bond donors (Lipinski definition) is 2. The van der Waals surface area contributed by atoms with E-state index in [9.17, 15) is 19.2 Å². The number of carbonyl (C=O) groups is 4. The zero-order valence-corrected chi connectivity index (χ0v) is 18.6. The Bertz CT molecular complexity index is 1430. The molecule has 0 saturated carbocycles. The third-order valence-corrected chi connectivity index (χ3v) is 5.49. The van der Waals surface area contributed by atoms with Gasteiger partial charge in [-0.15, -0.1) is 0 Å². The van der Waals surface area contributed by atoms with Gasteiger partial charge in [-0.05, 0) is 53.6 Å². The molecule has 36 heavy (non-hydrogen) atoms. The second kappa shape index (κ2) is 9.26. The summed E-state index contributed by atoms with van der Waals surface area (Å²) in [7, 11) is 0. The highest BCUT2D eigenvalue weighted by molar-refractivity contribution is 6.39. The van der Waals surface area contributed by atoms with Crippen molar-refractivity contribution in [2.45, 2.75) is 6.61 Å². The summed E-state index contributed by atoms with van der Waals surface area (Å²) in [6.45, 7) is 0.200. The number of barbiturate groups is 1. The molecule has 1 saturated heterocycles. The smallest absolute Gasteiger partial charge is 0.335 e. The first kappa shape index (κ1) is 22.7. The maximum atomic E-state index is 13.1. The fraction of sp³-hybridized carbons (Fsp3) is 0.0769. The maximum Gasteiger partial charge on any atom is 0.335 e. The first-order valence-corrected chi connectivity index (χ1v) is 10.8. The lowest BCUT2D eigenvalue weighted by Crippen LogP contribution is -2.54. The number of carboxylic acid groups (broad SMARTS) is 1. The van der Waals surface area contributed by atoms with Crippen LogP contribution in [0.3, 0.4) is 0 Å². The number of ether oxygens (including phenoxy) is 3. The Hall–Kier alpha value is -5.12. The predicted molar refractivity (Wildman–Crippen MR) is 126 cm³/mol. The number of carboxylic acids is 1. The van der Waals surface area contributed by atoms with Crippen molar-refractivity contribution in [3.8, 4) is 17.2 Å². The minimum atomic E-state index is -1.02. The van der Waals surface area contributed by atoms with Gasteiger partial charge in [0, 0.05) is 6.07 Å². The second-order valence-corrected chi connectivity index (χ2v) is 7.86. The standard InChI is InChI=1S/C26H18N2O8/c29-23-20(24(30)28(26(33)27-23)18-6-9-21-22(12-18)36-14-35-21)11-15-4-7-19(8-5-15)34-13-16-2-1-3-17(10-16)25(31)32/h1-12H,13-14H2,(H,31,32)(H,27,29,33). The largest absolute Gasteiger partial charge is 0.489 e. The predicted octanol–water partition coefficient (Wildman–Crippen LogP) is 3.36. The van der Waals surface area contributed by atoms with Crippen molar-refractivity contribution in [2.24, 2.45) is 0 Å². The van der Waals surface area contributed by atoms with Crippen molar-refractivity contribution < 1.29 is 38.5 Å². The summed E-state index contributed by atoms with van der Waals surface area (Å²) in [6.07, 6.45) is 1.38. The van der Waals surface area contributed by atoms with E-state index in [0.29, 0.717) is 28.4 Å². The number of aromatic carboxylic acids is 1. The van der Waals surface area contributed by atoms with Gasteiger partial charge in [-0.2, -0.15) is 0 Å². The van der Waals surface area contributed by atoms with Crippen molar-refractivity contribution in [1.29, 1.82) is 0 Å². The van der Waals surface area contributed by atoms with Crippen LogP contribution in [0.25, 0.3) is 6.08 Å². The molecule has 2 heterocycles. The monoisotopic (exact) mass is 486 g/mol. The molecule has 0 aliphatic carbocycles. The summed E-state index contributed by atoms with van der Waals surface area (Å²) in [6, 6.07) is 16.8. The molecule has 10 nitrogen and oxygen atoms in total. The Morgan fingerprint density at radius 3 is 2.56 bits per heavy atom. The summed E-state index contributed by atoms with van der Waals surface area (Å²) in [5.74, 6) is -1.21. The molecule has 180 valence electrons. The number of carbonyl (C=O) groups excluding carboxylic acids is 3. The van der Waals surface area contributed by atoms with Crippen LogP contribution in [-0.2, 0) is 16.2 Å². The van der Waals surface area contributed by atoms with Crippen molar-refractivity contribution in [1.82, 2.24) is 5.32 Å². The lowest BCUT2D eigenvalue weighted by Gasteiger charge is -2.26. The minimum absolute atomic E-state index is 0.0387. The molecule has 0 atom stereocenters. The quantitative estimate of drug-likeness (QED) is 0.401. The van der Waals surface area contributed by atoms with Crippen LogP contribution < -0.4 is 24.4 Å². The molecule has 3 aromatic carbocycles. The van der Waals surface area contributed by atoms with Crippen LogP contribution in [0.1, 0.15) is 21.5 Å². The highest BCUT2D eigenvalue weighted by Crippen LogP contribution is 2.36. The van der Waals surface area contributed by atoms with E-state index in [1.807, 2.05) is 0 Å². The average Bonchev–Trinajstić information content (AvgIpc) is 3.34. The van der Waals surface area contributed by atoms with Gasteiger partial charge in [0.15, 0.2) is 11.5 Å². The van der Waals surface area contributed by atoms with Crippen LogP contribution in [0.2, 0.25) is 0 Å². The van der Waals surface area contributed by atoms with E-state index in [0.717, 1.165) is 4.90 Å². The summed E-state index contributed by atoms with van der Waals surface area (Å²) in [5, 5.41) is 11.3. The Balaban J connectivity index is 1.32. The molecule has 0 aromatic heterocycles. The van der Waals surface area contributed by atoms with E-state index >= 15 is 0 Å². The molecule has 0 unspecified atom stereocenters. The maximum absolute atomic E-state index is 13.1. The molecular formula is C26H18N2O8. The van der Waals surface area contributed by atoms with Crippen LogP contribution >= 0.6 is 0 Å². The molecule has 1 fully saturated rings. The van der Waals surface area contributed by atoms with Crippen molar-refractivity contribution in [2.75, 3.05) is 11.7 Å². The van der Waals surface area contributed by atoms with Crippen LogP contribution in [0, 0.1) is 0 Å². The average molecular weight is 486 g/mol. The van der Waals surface area contributed by atoms with Crippen LogP contribution in [-0.4, -0.2) is 35.7 Å². The third kappa shape index (κ3) is 4.47. The Kier molecular flexibility index (Phi) is 5.83. The molecule has 3 aromatic rings. The lowest BCUT2D eigenvalue weighted by atomic mass is 10.1. The number of benzene rings is 3. The molecule has 2 aliphatic rings. The fourth-order valence-electron chi connectivity index (χ4n) is 3.70. The van der Waals surface area contributed by atoms with Gasteiger partial charge < -0.3 is 19.3 Å². The second-order valence-electron chi connectivity index (χ2n) is 7.86. The van der Waals surface area contributed by atoms with E-state index in [-0.39, 0.29) is 30.2 Å². The molecule has 0 radical (unpaired) electrons. The molecule has 2 N–H and O–H groups in total. The molecular weight excluding hydrogens is 468 g/mol. The van der Waals surface area contributed by atoms with Crippen LogP contribution in [0.5, 0.6) is 17.2 Å². The molecule has 0 bridgehead atoms. The number of fused-ring (bicyclic) bond motifs is 1. The summed E-state index contributed by atoms with van der Waals surface area (Å²) in [4.78, 5) is 49.9.